The predicted molar refractivity (Wildman–Crippen MR) is 109 cm³/mol. The minimum Gasteiger partial charge on any atom is -0.507 e. The number of carboxylic acid groups (broad SMARTS) is 1. The van der Waals surface area contributed by atoms with Crippen LogP contribution in [0.1, 0.15) is 94.1 Å². The summed E-state index contributed by atoms with van der Waals surface area (Å²) in [5, 5.41) is 31.4. The maximum Gasteiger partial charge on any atom is 0.339 e. The molecule has 0 saturated carbocycles. The van der Waals surface area contributed by atoms with Crippen molar-refractivity contribution in [2.75, 3.05) is 0 Å². The molecule has 2 rings (SSSR count). The van der Waals surface area contributed by atoms with Gasteiger partial charge >= 0.3 is 5.97 Å². The van der Waals surface area contributed by atoms with E-state index in [1.54, 1.807) is 6.07 Å². The first-order valence-electron chi connectivity index (χ1n) is 10.1. The van der Waals surface area contributed by atoms with Gasteiger partial charge in [0.1, 0.15) is 17.1 Å². The van der Waals surface area contributed by atoms with Crippen LogP contribution in [0.2, 0.25) is 0 Å². The third-order valence-corrected chi connectivity index (χ3v) is 5.86. The van der Waals surface area contributed by atoms with Crippen LogP contribution in [0.25, 0.3) is 0 Å². The van der Waals surface area contributed by atoms with Gasteiger partial charge in [0.05, 0.1) is 0 Å². The number of hydrogen-bond acceptors (Lipinski definition) is 3. The molecule has 0 fully saturated rings. The van der Waals surface area contributed by atoms with Gasteiger partial charge < -0.3 is 15.3 Å². The standard InChI is InChI=1S/C23H34O4/c1-6-7-8-9-15-13-18(24)20(21(25)19(15)22(26)27)16-12-14(2)10-11-17(16)23(3,4)5/h12-13,16-17,24-25H,6-11H2,1-5H3,(H,26,27)/t16-,17-/m1/s1. The van der Waals surface area contributed by atoms with E-state index >= 15 is 0 Å². The molecule has 0 amide bonds. The van der Waals surface area contributed by atoms with Crippen molar-refractivity contribution in [2.45, 2.75) is 79.1 Å². The van der Waals surface area contributed by atoms with Gasteiger partial charge in [-0.05, 0) is 55.6 Å². The van der Waals surface area contributed by atoms with Gasteiger partial charge in [0, 0.05) is 11.5 Å². The van der Waals surface area contributed by atoms with E-state index in [1.165, 1.54) is 5.57 Å². The number of unbranched alkanes of at least 4 members (excludes halogenated alkanes) is 2. The van der Waals surface area contributed by atoms with Crippen LogP contribution >= 0.6 is 0 Å². The molecular formula is C23H34O4. The molecule has 0 heterocycles. The van der Waals surface area contributed by atoms with Gasteiger partial charge in [0.15, 0.2) is 0 Å². The van der Waals surface area contributed by atoms with E-state index in [0.29, 0.717) is 17.5 Å². The van der Waals surface area contributed by atoms with Crippen molar-refractivity contribution in [1.29, 1.82) is 0 Å². The van der Waals surface area contributed by atoms with Gasteiger partial charge in [0.2, 0.25) is 0 Å². The van der Waals surface area contributed by atoms with Gasteiger partial charge in [-0.3, -0.25) is 0 Å². The quantitative estimate of drug-likeness (QED) is 0.420. The number of allylic oxidation sites excluding steroid dienone is 2. The Kier molecular flexibility index (Phi) is 6.61. The van der Waals surface area contributed by atoms with Crippen LogP contribution in [0.5, 0.6) is 11.5 Å². The third-order valence-electron chi connectivity index (χ3n) is 5.86. The van der Waals surface area contributed by atoms with Crippen LogP contribution in [0.15, 0.2) is 17.7 Å². The molecular weight excluding hydrogens is 340 g/mol. The van der Waals surface area contributed by atoms with Gasteiger partial charge in [-0.15, -0.1) is 0 Å². The summed E-state index contributed by atoms with van der Waals surface area (Å²) in [5.74, 6) is -1.37. The smallest absolute Gasteiger partial charge is 0.339 e. The normalized spacial score (nSPS) is 20.4. The molecule has 0 radical (unpaired) electrons. The molecule has 0 aliphatic heterocycles. The van der Waals surface area contributed by atoms with Gasteiger partial charge in [0.25, 0.3) is 0 Å². The van der Waals surface area contributed by atoms with Crippen molar-refractivity contribution >= 4 is 5.97 Å². The Morgan fingerprint density at radius 3 is 2.44 bits per heavy atom. The van der Waals surface area contributed by atoms with Crippen LogP contribution in [0.3, 0.4) is 0 Å². The fourth-order valence-corrected chi connectivity index (χ4v) is 4.38. The Balaban J connectivity index is 2.60. The summed E-state index contributed by atoms with van der Waals surface area (Å²) >= 11 is 0. The molecule has 1 aliphatic rings. The summed E-state index contributed by atoms with van der Waals surface area (Å²) in [6.07, 6.45) is 7.42. The van der Waals surface area contributed by atoms with Gasteiger partial charge in [-0.1, -0.05) is 52.2 Å². The first-order valence-corrected chi connectivity index (χ1v) is 10.1. The fourth-order valence-electron chi connectivity index (χ4n) is 4.38. The number of aromatic hydroxyl groups is 2. The van der Waals surface area contributed by atoms with E-state index in [0.717, 1.165) is 32.1 Å². The molecule has 150 valence electrons. The van der Waals surface area contributed by atoms with Crippen molar-refractivity contribution in [1.82, 2.24) is 0 Å². The van der Waals surface area contributed by atoms with E-state index in [2.05, 4.69) is 40.7 Å². The lowest BCUT2D eigenvalue weighted by Gasteiger charge is -2.40. The molecule has 1 aromatic rings. The summed E-state index contributed by atoms with van der Waals surface area (Å²) in [6.45, 7) is 10.6. The molecule has 27 heavy (non-hydrogen) atoms. The molecule has 1 aliphatic carbocycles. The SMILES string of the molecule is CCCCCc1cc(O)c([C@@H]2C=C(C)CC[C@H]2C(C)(C)C)c(O)c1C(=O)O. The van der Waals surface area contributed by atoms with Crippen molar-refractivity contribution in [3.05, 3.63) is 34.4 Å². The molecule has 0 unspecified atom stereocenters. The van der Waals surface area contributed by atoms with Crippen molar-refractivity contribution < 1.29 is 20.1 Å². The minimum atomic E-state index is -1.14. The Labute approximate surface area is 162 Å². The molecule has 0 spiro atoms. The highest BCUT2D eigenvalue weighted by Crippen LogP contribution is 2.51. The summed E-state index contributed by atoms with van der Waals surface area (Å²) in [7, 11) is 0. The van der Waals surface area contributed by atoms with Crippen molar-refractivity contribution in [3.8, 4) is 11.5 Å². The number of carbonyl (C=O) groups is 1. The second-order valence-corrected chi connectivity index (χ2v) is 9.00. The highest BCUT2D eigenvalue weighted by molar-refractivity contribution is 5.94. The van der Waals surface area contributed by atoms with Crippen LogP contribution < -0.4 is 0 Å². The number of benzene rings is 1. The second-order valence-electron chi connectivity index (χ2n) is 9.00. The largest absolute Gasteiger partial charge is 0.507 e. The molecule has 0 aromatic heterocycles. The van der Waals surface area contributed by atoms with E-state index < -0.39 is 5.97 Å². The van der Waals surface area contributed by atoms with E-state index in [-0.39, 0.29) is 34.3 Å². The van der Waals surface area contributed by atoms with Crippen LogP contribution in [0, 0.1) is 11.3 Å². The van der Waals surface area contributed by atoms with E-state index in [1.807, 2.05) is 0 Å². The molecule has 0 bridgehead atoms. The number of hydrogen-bond donors (Lipinski definition) is 3. The van der Waals surface area contributed by atoms with Gasteiger partial charge in [-0.2, -0.15) is 0 Å². The third kappa shape index (κ3) is 4.66. The highest BCUT2D eigenvalue weighted by Gasteiger charge is 2.38. The summed E-state index contributed by atoms with van der Waals surface area (Å²) in [6, 6.07) is 1.56. The highest BCUT2D eigenvalue weighted by atomic mass is 16.4. The summed E-state index contributed by atoms with van der Waals surface area (Å²) < 4.78 is 0. The summed E-state index contributed by atoms with van der Waals surface area (Å²) in [5.41, 5.74) is 2.01. The lowest BCUT2D eigenvalue weighted by Crippen LogP contribution is -2.29. The number of phenolic OH excluding ortho intramolecular Hbond substituents is 1. The van der Waals surface area contributed by atoms with E-state index in [9.17, 15) is 20.1 Å². The first-order chi connectivity index (χ1) is 12.6. The van der Waals surface area contributed by atoms with Crippen molar-refractivity contribution in [3.63, 3.8) is 0 Å². The average molecular weight is 375 g/mol. The Morgan fingerprint density at radius 1 is 1.22 bits per heavy atom. The Hall–Kier alpha value is -1.97. The average Bonchev–Trinajstić information content (AvgIpc) is 2.53. The monoisotopic (exact) mass is 374 g/mol. The van der Waals surface area contributed by atoms with Gasteiger partial charge in [-0.25, -0.2) is 4.79 Å². The molecule has 1 aromatic carbocycles. The number of aromatic carboxylic acids is 1. The van der Waals surface area contributed by atoms with Crippen LogP contribution in [-0.2, 0) is 6.42 Å². The lowest BCUT2D eigenvalue weighted by atomic mass is 9.65. The zero-order chi connectivity index (χ0) is 20.4. The number of phenols is 2. The van der Waals surface area contributed by atoms with Crippen molar-refractivity contribution in [2.24, 2.45) is 11.3 Å². The van der Waals surface area contributed by atoms with E-state index in [4.69, 9.17) is 0 Å². The zero-order valence-electron chi connectivity index (χ0n) is 17.3. The summed E-state index contributed by atoms with van der Waals surface area (Å²) in [4.78, 5) is 11.9. The maximum atomic E-state index is 11.9. The van der Waals surface area contributed by atoms with Crippen LogP contribution in [0.4, 0.5) is 0 Å². The first kappa shape index (κ1) is 21.3. The molecule has 0 saturated heterocycles. The number of rotatable bonds is 6. The molecule has 4 nitrogen and oxygen atoms in total. The fraction of sp³-hybridized carbons (Fsp3) is 0.609. The molecule has 3 N–H and O–H groups in total. The topological polar surface area (TPSA) is 77.8 Å². The minimum absolute atomic E-state index is 0.00852. The lowest BCUT2D eigenvalue weighted by molar-refractivity contribution is 0.0692. The van der Waals surface area contributed by atoms with Crippen LogP contribution in [-0.4, -0.2) is 21.3 Å². The zero-order valence-corrected chi connectivity index (χ0v) is 17.3. The number of aryl methyl sites for hydroxylation is 1. The molecule has 2 atom stereocenters. The molecule has 4 heteroatoms. The Bertz CT molecular complexity index is 725. The maximum absolute atomic E-state index is 11.9. The number of carboxylic acids is 1. The second kappa shape index (κ2) is 8.37. The Morgan fingerprint density at radius 2 is 1.89 bits per heavy atom. The predicted octanol–water partition coefficient (Wildman–Crippen LogP) is 6.01.